The third-order valence-electron chi connectivity index (χ3n) is 4.52. The molecule has 8 nitrogen and oxygen atoms in total. The molecule has 0 spiro atoms. The number of amides is 2. The van der Waals surface area contributed by atoms with Crippen LogP contribution in [-0.4, -0.2) is 56.9 Å². The van der Waals surface area contributed by atoms with Crippen LogP contribution in [0.25, 0.3) is 0 Å². The summed E-state index contributed by atoms with van der Waals surface area (Å²) in [6, 6.07) is 0. The molecule has 0 radical (unpaired) electrons. The van der Waals surface area contributed by atoms with Crippen molar-refractivity contribution in [3.05, 3.63) is 7.43 Å². The van der Waals surface area contributed by atoms with Crippen molar-refractivity contribution in [1.82, 2.24) is 4.90 Å². The van der Waals surface area contributed by atoms with Crippen LogP contribution < -0.4 is 35.3 Å². The summed E-state index contributed by atoms with van der Waals surface area (Å²) in [5.41, 5.74) is 4.27. The van der Waals surface area contributed by atoms with Gasteiger partial charge in [0.05, 0.1) is 12.1 Å². The fourth-order valence-electron chi connectivity index (χ4n) is 2.85. The monoisotopic (exact) mass is 412 g/mol. The molecule has 0 aromatic carbocycles. The van der Waals surface area contributed by atoms with E-state index in [1.165, 1.54) is 32.1 Å². The second kappa shape index (κ2) is 18.4. The normalized spacial score (nSPS) is 12.2. The number of aliphatic hydroxyl groups is 1. The van der Waals surface area contributed by atoms with Gasteiger partial charge in [0.25, 0.3) is 0 Å². The van der Waals surface area contributed by atoms with E-state index in [-0.39, 0.29) is 54.7 Å². The van der Waals surface area contributed by atoms with Crippen LogP contribution in [0, 0.1) is 7.43 Å². The number of rotatable bonds is 15. The summed E-state index contributed by atoms with van der Waals surface area (Å²) >= 11 is 0. The van der Waals surface area contributed by atoms with Crippen molar-refractivity contribution < 1.29 is 59.3 Å². The van der Waals surface area contributed by atoms with Crippen molar-refractivity contribution in [3.8, 4) is 0 Å². The smallest absolute Gasteiger partial charge is 0.465 e. The first-order valence-corrected chi connectivity index (χ1v) is 9.45. The summed E-state index contributed by atoms with van der Waals surface area (Å²) in [7, 11) is 0. The molecule has 5 N–H and O–H groups in total. The molecule has 0 bridgehead atoms. The number of carbonyl (C=O) groups excluding carboxylic acids is 1. The molecule has 28 heavy (non-hydrogen) atoms. The standard InChI is InChI=1S/C18H34N2O6.CH3.Na/c1-2-3-4-5-6-7-8-9-10-11-15(22)18(19,12-13-21)14-20(16(23)24)17(25)26;;/h21H,2-14,19H2,1H3,(H,23,24)(H,25,26);1H3;/q;-1;+1. The number of unbranched alkanes of at least 4 members (excludes halogenated alkanes) is 8. The Labute approximate surface area is 191 Å². The van der Waals surface area contributed by atoms with Gasteiger partial charge in [-0.3, -0.25) is 4.79 Å². The molecule has 0 aliphatic carbocycles. The second-order valence-electron chi connectivity index (χ2n) is 6.78. The van der Waals surface area contributed by atoms with Crippen molar-refractivity contribution in [2.45, 2.75) is 83.1 Å². The number of carboxylic acid groups (broad SMARTS) is 2. The van der Waals surface area contributed by atoms with E-state index in [1.54, 1.807) is 0 Å². The van der Waals surface area contributed by atoms with Crippen LogP contribution >= 0.6 is 0 Å². The molecule has 0 heterocycles. The molecule has 0 aromatic heterocycles. The van der Waals surface area contributed by atoms with Crippen molar-refractivity contribution in [1.29, 1.82) is 0 Å². The van der Waals surface area contributed by atoms with E-state index < -0.39 is 36.7 Å². The SMILES string of the molecule is CCCCCCCCCCCC(=O)C(N)(CCO)CN(C(=O)O)C(=O)O.[CH3-].[Na+]. The molecule has 2 amide bonds. The third-order valence-corrected chi connectivity index (χ3v) is 4.52. The molecule has 0 saturated heterocycles. The molecular formula is C19H37N2NaO6. The molecule has 0 fully saturated rings. The average molecular weight is 413 g/mol. The number of Topliss-reactive ketones (excluding diaryl/α,β-unsaturated/α-hetero) is 1. The van der Waals surface area contributed by atoms with Crippen molar-refractivity contribution in [3.63, 3.8) is 0 Å². The van der Waals surface area contributed by atoms with Gasteiger partial charge in [0.15, 0.2) is 5.78 Å². The Hall–Kier alpha value is -0.670. The van der Waals surface area contributed by atoms with Gasteiger partial charge < -0.3 is 28.5 Å². The average Bonchev–Trinajstić information content (AvgIpc) is 2.57. The molecule has 0 saturated carbocycles. The quantitative estimate of drug-likeness (QED) is 0.176. The van der Waals surface area contributed by atoms with E-state index in [0.717, 1.165) is 19.3 Å². The van der Waals surface area contributed by atoms with Crippen LogP contribution in [0.3, 0.4) is 0 Å². The van der Waals surface area contributed by atoms with Gasteiger partial charge in [-0.15, -0.1) is 0 Å². The maximum absolute atomic E-state index is 12.4. The Bertz CT molecular complexity index is 436. The topological polar surface area (TPSA) is 141 Å². The van der Waals surface area contributed by atoms with Gasteiger partial charge in [-0.05, 0) is 12.8 Å². The Kier molecular flexibility index (Phi) is 21.0. The minimum Gasteiger partial charge on any atom is -0.465 e. The summed E-state index contributed by atoms with van der Waals surface area (Å²) < 4.78 is 0. The Morgan fingerprint density at radius 1 is 0.893 bits per heavy atom. The molecule has 160 valence electrons. The van der Waals surface area contributed by atoms with Crippen LogP contribution in [0.5, 0.6) is 0 Å². The van der Waals surface area contributed by atoms with Gasteiger partial charge >= 0.3 is 41.7 Å². The largest absolute Gasteiger partial charge is 1.00 e. The molecular weight excluding hydrogens is 375 g/mol. The van der Waals surface area contributed by atoms with Gasteiger partial charge in [0.1, 0.15) is 0 Å². The Balaban J connectivity index is -0.00000312. The van der Waals surface area contributed by atoms with Crippen molar-refractivity contribution in [2.75, 3.05) is 13.2 Å². The van der Waals surface area contributed by atoms with Gasteiger partial charge in [0.2, 0.25) is 0 Å². The number of ketones is 1. The molecule has 0 aromatic rings. The number of imide groups is 1. The predicted octanol–water partition coefficient (Wildman–Crippen LogP) is 0.669. The number of aliphatic hydroxyl groups excluding tert-OH is 1. The minimum absolute atomic E-state index is 0. The summed E-state index contributed by atoms with van der Waals surface area (Å²) in [5.74, 6) is -0.415. The third kappa shape index (κ3) is 13.5. The number of hydrogen-bond donors (Lipinski definition) is 4. The maximum Gasteiger partial charge on any atom is 1.00 e. The minimum atomic E-state index is -1.69. The van der Waals surface area contributed by atoms with E-state index in [1.807, 2.05) is 0 Å². The second-order valence-corrected chi connectivity index (χ2v) is 6.78. The molecule has 1 unspecified atom stereocenters. The van der Waals surface area contributed by atoms with Crippen LogP contribution in [0.2, 0.25) is 0 Å². The van der Waals surface area contributed by atoms with Crippen LogP contribution in [0.1, 0.15) is 77.6 Å². The van der Waals surface area contributed by atoms with Crippen LogP contribution in [-0.2, 0) is 4.79 Å². The fourth-order valence-corrected chi connectivity index (χ4v) is 2.85. The zero-order chi connectivity index (χ0) is 20.0. The Morgan fingerprint density at radius 3 is 1.71 bits per heavy atom. The molecule has 0 rings (SSSR count). The molecule has 0 aliphatic heterocycles. The summed E-state index contributed by atoms with van der Waals surface area (Å²) in [6.07, 6.45) is 6.38. The first kappa shape index (κ1) is 32.0. The van der Waals surface area contributed by atoms with E-state index in [4.69, 9.17) is 21.1 Å². The van der Waals surface area contributed by atoms with Gasteiger partial charge in [-0.2, -0.15) is 0 Å². The number of nitrogens with zero attached hydrogens (tertiary/aromatic N) is 1. The number of nitrogens with two attached hydrogens (primary N) is 1. The first-order valence-electron chi connectivity index (χ1n) is 9.45. The van der Waals surface area contributed by atoms with E-state index >= 15 is 0 Å². The predicted molar refractivity (Wildman–Crippen MR) is 105 cm³/mol. The van der Waals surface area contributed by atoms with Crippen molar-refractivity contribution in [2.24, 2.45) is 5.73 Å². The zero-order valence-corrected chi connectivity index (χ0v) is 19.8. The fraction of sp³-hybridized carbons (Fsp3) is 0.789. The summed E-state index contributed by atoms with van der Waals surface area (Å²) in [4.78, 5) is 34.5. The summed E-state index contributed by atoms with van der Waals surface area (Å²) in [5, 5.41) is 27.0. The van der Waals surface area contributed by atoms with Gasteiger partial charge in [-0.1, -0.05) is 58.3 Å². The van der Waals surface area contributed by atoms with Crippen LogP contribution in [0.4, 0.5) is 9.59 Å². The number of carbonyl (C=O) groups is 3. The van der Waals surface area contributed by atoms with E-state index in [0.29, 0.717) is 6.42 Å². The van der Waals surface area contributed by atoms with Crippen LogP contribution in [0.15, 0.2) is 0 Å². The maximum atomic E-state index is 12.4. The van der Waals surface area contributed by atoms with Gasteiger partial charge in [0, 0.05) is 13.0 Å². The molecule has 1 atom stereocenters. The number of hydrogen-bond acceptors (Lipinski definition) is 5. The van der Waals surface area contributed by atoms with E-state index in [2.05, 4.69) is 6.92 Å². The molecule has 9 heteroatoms. The van der Waals surface area contributed by atoms with E-state index in [9.17, 15) is 14.4 Å². The summed E-state index contributed by atoms with van der Waals surface area (Å²) in [6.45, 7) is 1.08. The van der Waals surface area contributed by atoms with Gasteiger partial charge in [-0.25, -0.2) is 14.5 Å². The Morgan fingerprint density at radius 2 is 1.32 bits per heavy atom. The zero-order valence-electron chi connectivity index (χ0n) is 17.8. The molecule has 0 aliphatic rings. The first-order chi connectivity index (χ1) is 12.3. The van der Waals surface area contributed by atoms with Crippen molar-refractivity contribution >= 4 is 18.0 Å².